The van der Waals surface area contributed by atoms with Crippen molar-refractivity contribution in [3.05, 3.63) is 29.3 Å². The van der Waals surface area contributed by atoms with Gasteiger partial charge < -0.3 is 19.8 Å². The highest BCUT2D eigenvalue weighted by Gasteiger charge is 2.42. The first-order chi connectivity index (χ1) is 12.8. The fourth-order valence-electron chi connectivity index (χ4n) is 4.27. The predicted molar refractivity (Wildman–Crippen MR) is 105 cm³/mol. The highest BCUT2D eigenvalue weighted by molar-refractivity contribution is 5.94. The SMILES string of the molecule is Cc1ccc(C(=O)N2CCC[C@@]3(CCC(=O)N(CCN(C)C)C3)C2)cc1O. The van der Waals surface area contributed by atoms with E-state index in [1.807, 2.05) is 30.8 Å². The van der Waals surface area contributed by atoms with E-state index in [0.29, 0.717) is 18.5 Å². The average Bonchev–Trinajstić information content (AvgIpc) is 2.64. The van der Waals surface area contributed by atoms with Gasteiger partial charge in [0.15, 0.2) is 0 Å². The number of piperidine rings is 2. The Morgan fingerprint density at radius 2 is 2.04 bits per heavy atom. The molecular weight excluding hydrogens is 342 g/mol. The molecule has 148 valence electrons. The number of aromatic hydroxyl groups is 1. The summed E-state index contributed by atoms with van der Waals surface area (Å²) in [6.45, 7) is 5.58. The molecule has 1 atom stereocenters. The Balaban J connectivity index is 1.71. The summed E-state index contributed by atoms with van der Waals surface area (Å²) in [7, 11) is 4.03. The lowest BCUT2D eigenvalue weighted by Gasteiger charge is -2.48. The van der Waals surface area contributed by atoms with Crippen molar-refractivity contribution >= 4 is 11.8 Å². The van der Waals surface area contributed by atoms with Crippen LogP contribution in [0.3, 0.4) is 0 Å². The Hall–Kier alpha value is -2.08. The van der Waals surface area contributed by atoms with Crippen molar-refractivity contribution < 1.29 is 14.7 Å². The summed E-state index contributed by atoms with van der Waals surface area (Å²) in [5.41, 5.74) is 1.30. The van der Waals surface area contributed by atoms with Gasteiger partial charge in [0, 0.05) is 50.1 Å². The monoisotopic (exact) mass is 373 g/mol. The molecule has 2 fully saturated rings. The van der Waals surface area contributed by atoms with E-state index >= 15 is 0 Å². The number of nitrogens with zero attached hydrogens (tertiary/aromatic N) is 3. The van der Waals surface area contributed by atoms with E-state index in [9.17, 15) is 14.7 Å². The van der Waals surface area contributed by atoms with Gasteiger partial charge in [-0.1, -0.05) is 6.07 Å². The van der Waals surface area contributed by atoms with Crippen molar-refractivity contribution in [2.75, 3.05) is 46.8 Å². The fraction of sp³-hybridized carbons (Fsp3) is 0.619. The number of likely N-dealkylation sites (tertiary alicyclic amines) is 2. The molecule has 2 aliphatic rings. The number of likely N-dealkylation sites (N-methyl/N-ethyl adjacent to an activating group) is 1. The molecule has 2 saturated heterocycles. The Morgan fingerprint density at radius 3 is 2.74 bits per heavy atom. The predicted octanol–water partition coefficient (Wildman–Crippen LogP) is 2.11. The molecular formula is C21H31N3O3. The number of rotatable bonds is 4. The second-order valence-corrected chi connectivity index (χ2v) is 8.45. The van der Waals surface area contributed by atoms with Crippen LogP contribution < -0.4 is 0 Å². The maximum absolute atomic E-state index is 13.0. The summed E-state index contributed by atoms with van der Waals surface area (Å²) in [5, 5.41) is 9.94. The fourth-order valence-corrected chi connectivity index (χ4v) is 4.27. The van der Waals surface area contributed by atoms with Crippen LogP contribution in [0.4, 0.5) is 0 Å². The van der Waals surface area contributed by atoms with Crippen molar-refractivity contribution in [1.29, 1.82) is 0 Å². The van der Waals surface area contributed by atoms with Crippen LogP contribution in [0.1, 0.15) is 41.6 Å². The molecule has 3 rings (SSSR count). The third-order valence-corrected chi connectivity index (χ3v) is 5.97. The summed E-state index contributed by atoms with van der Waals surface area (Å²) in [6.07, 6.45) is 3.44. The third kappa shape index (κ3) is 4.43. The molecule has 2 heterocycles. The number of carbonyl (C=O) groups is 2. The molecule has 27 heavy (non-hydrogen) atoms. The van der Waals surface area contributed by atoms with Gasteiger partial charge >= 0.3 is 0 Å². The molecule has 0 bridgehead atoms. The lowest BCUT2D eigenvalue weighted by atomic mass is 9.73. The van der Waals surface area contributed by atoms with Gasteiger partial charge in [-0.2, -0.15) is 0 Å². The Labute approximate surface area is 161 Å². The summed E-state index contributed by atoms with van der Waals surface area (Å²) in [5.74, 6) is 0.362. The minimum Gasteiger partial charge on any atom is -0.508 e. The minimum atomic E-state index is -0.0267. The quantitative estimate of drug-likeness (QED) is 0.878. The van der Waals surface area contributed by atoms with Crippen LogP contribution >= 0.6 is 0 Å². The number of benzene rings is 1. The first kappa shape index (κ1) is 19.7. The number of aryl methyl sites for hydroxylation is 1. The average molecular weight is 373 g/mol. The van der Waals surface area contributed by atoms with Crippen molar-refractivity contribution in [1.82, 2.24) is 14.7 Å². The molecule has 0 saturated carbocycles. The van der Waals surface area contributed by atoms with Gasteiger partial charge in [-0.25, -0.2) is 0 Å². The number of phenols is 1. The maximum atomic E-state index is 13.0. The van der Waals surface area contributed by atoms with E-state index in [0.717, 1.165) is 51.0 Å². The summed E-state index contributed by atoms with van der Waals surface area (Å²) < 4.78 is 0. The molecule has 1 aromatic rings. The highest BCUT2D eigenvalue weighted by Crippen LogP contribution is 2.39. The van der Waals surface area contributed by atoms with Crippen molar-refractivity contribution in [2.45, 2.75) is 32.6 Å². The zero-order chi connectivity index (χ0) is 19.6. The van der Waals surface area contributed by atoms with Crippen LogP contribution in [-0.2, 0) is 4.79 Å². The second-order valence-electron chi connectivity index (χ2n) is 8.45. The molecule has 1 spiro atoms. The molecule has 2 aliphatic heterocycles. The number of hydrogen-bond acceptors (Lipinski definition) is 4. The molecule has 0 unspecified atom stereocenters. The maximum Gasteiger partial charge on any atom is 0.254 e. The van der Waals surface area contributed by atoms with Gasteiger partial charge in [0.1, 0.15) is 5.75 Å². The largest absolute Gasteiger partial charge is 0.508 e. The minimum absolute atomic E-state index is 0.000868. The van der Waals surface area contributed by atoms with Crippen LogP contribution in [0.15, 0.2) is 18.2 Å². The highest BCUT2D eigenvalue weighted by atomic mass is 16.3. The van der Waals surface area contributed by atoms with Gasteiger partial charge in [0.05, 0.1) is 0 Å². The Morgan fingerprint density at radius 1 is 1.26 bits per heavy atom. The van der Waals surface area contributed by atoms with E-state index < -0.39 is 0 Å². The molecule has 0 aliphatic carbocycles. The van der Waals surface area contributed by atoms with Crippen molar-refractivity contribution in [3.63, 3.8) is 0 Å². The van der Waals surface area contributed by atoms with E-state index in [-0.39, 0.29) is 23.0 Å². The Bertz CT molecular complexity index is 719. The van der Waals surface area contributed by atoms with Gasteiger partial charge in [-0.3, -0.25) is 9.59 Å². The van der Waals surface area contributed by atoms with Crippen LogP contribution in [0.25, 0.3) is 0 Å². The third-order valence-electron chi connectivity index (χ3n) is 5.97. The van der Waals surface area contributed by atoms with Crippen molar-refractivity contribution in [3.8, 4) is 5.75 Å². The lowest BCUT2D eigenvalue weighted by molar-refractivity contribution is -0.139. The van der Waals surface area contributed by atoms with Gasteiger partial charge in [0.25, 0.3) is 5.91 Å². The topological polar surface area (TPSA) is 64.1 Å². The van der Waals surface area contributed by atoms with Crippen LogP contribution in [0, 0.1) is 12.3 Å². The zero-order valence-electron chi connectivity index (χ0n) is 16.7. The summed E-state index contributed by atoms with van der Waals surface area (Å²) in [4.78, 5) is 31.3. The summed E-state index contributed by atoms with van der Waals surface area (Å²) >= 11 is 0. The van der Waals surface area contributed by atoms with Crippen molar-refractivity contribution in [2.24, 2.45) is 5.41 Å². The molecule has 0 aromatic heterocycles. The van der Waals surface area contributed by atoms with Gasteiger partial charge in [-0.05, 0) is 58.0 Å². The number of hydrogen-bond donors (Lipinski definition) is 1. The Kier molecular flexibility index (Phi) is 5.75. The number of amides is 2. The first-order valence-electron chi connectivity index (χ1n) is 9.81. The number of carbonyl (C=O) groups excluding carboxylic acids is 2. The lowest BCUT2D eigenvalue weighted by Crippen LogP contribution is -2.55. The van der Waals surface area contributed by atoms with Gasteiger partial charge in [-0.15, -0.1) is 0 Å². The molecule has 6 heteroatoms. The smallest absolute Gasteiger partial charge is 0.254 e. The first-order valence-corrected chi connectivity index (χ1v) is 9.81. The number of phenolic OH excluding ortho intramolecular Hbond substituents is 1. The van der Waals surface area contributed by atoms with Crippen LogP contribution in [0.5, 0.6) is 5.75 Å². The van der Waals surface area contributed by atoms with Gasteiger partial charge in [0.2, 0.25) is 5.91 Å². The molecule has 2 amide bonds. The second kappa shape index (κ2) is 7.89. The van der Waals surface area contributed by atoms with Crippen LogP contribution in [-0.4, -0.2) is 78.4 Å². The molecule has 1 N–H and O–H groups in total. The normalized spacial score (nSPS) is 23.3. The zero-order valence-corrected chi connectivity index (χ0v) is 16.7. The van der Waals surface area contributed by atoms with E-state index in [2.05, 4.69) is 4.90 Å². The molecule has 1 aromatic carbocycles. The molecule has 0 radical (unpaired) electrons. The van der Waals surface area contributed by atoms with E-state index in [1.165, 1.54) is 0 Å². The molecule has 6 nitrogen and oxygen atoms in total. The van der Waals surface area contributed by atoms with E-state index in [4.69, 9.17) is 0 Å². The van der Waals surface area contributed by atoms with Crippen LogP contribution in [0.2, 0.25) is 0 Å². The van der Waals surface area contributed by atoms with E-state index in [1.54, 1.807) is 18.2 Å². The standard InChI is InChI=1S/C21H31N3O3/c1-16-5-6-17(13-18(16)25)20(27)24-10-4-8-21(15-24)9-7-19(26)23(14-21)12-11-22(2)3/h5-6,13,25H,4,7-12,14-15H2,1-3H3/t21-/m0/s1. The summed E-state index contributed by atoms with van der Waals surface area (Å²) in [6, 6.07) is 5.13.